The van der Waals surface area contributed by atoms with Crippen LogP contribution in [-0.4, -0.2) is 17.4 Å². The molecule has 21 heavy (non-hydrogen) atoms. The first-order valence-electron chi connectivity index (χ1n) is 6.85. The summed E-state index contributed by atoms with van der Waals surface area (Å²) in [6, 6.07) is 1.46. The lowest BCUT2D eigenvalue weighted by atomic mass is 10.0. The van der Waals surface area contributed by atoms with Gasteiger partial charge in [0.1, 0.15) is 11.4 Å². The van der Waals surface area contributed by atoms with Gasteiger partial charge in [0.05, 0.1) is 4.92 Å². The number of nitro groups is 1. The van der Waals surface area contributed by atoms with Crippen molar-refractivity contribution in [3.8, 4) is 0 Å². The van der Waals surface area contributed by atoms with E-state index in [9.17, 15) is 23.7 Å². The number of amides is 1. The molecule has 0 bridgehead atoms. The molecule has 0 aromatic heterocycles. The van der Waals surface area contributed by atoms with Gasteiger partial charge in [-0.2, -0.15) is 4.39 Å². The molecule has 2 fully saturated rings. The Morgan fingerprint density at radius 2 is 2.05 bits per heavy atom. The fourth-order valence-corrected chi connectivity index (χ4v) is 2.82. The Morgan fingerprint density at radius 3 is 2.57 bits per heavy atom. The molecule has 2 aliphatic carbocycles. The van der Waals surface area contributed by atoms with E-state index in [0.717, 1.165) is 31.7 Å². The van der Waals surface area contributed by atoms with Gasteiger partial charge in [0.2, 0.25) is 5.82 Å². The van der Waals surface area contributed by atoms with Crippen molar-refractivity contribution < 1.29 is 18.5 Å². The van der Waals surface area contributed by atoms with Crippen LogP contribution in [0.2, 0.25) is 0 Å². The Bertz CT molecular complexity index is 625. The summed E-state index contributed by atoms with van der Waals surface area (Å²) in [5.41, 5.74) is -1.69. The van der Waals surface area contributed by atoms with Gasteiger partial charge < -0.3 is 5.32 Å². The van der Waals surface area contributed by atoms with Gasteiger partial charge in [0.15, 0.2) is 0 Å². The van der Waals surface area contributed by atoms with Crippen LogP contribution in [0.3, 0.4) is 0 Å². The molecular weight excluding hydrogens is 282 g/mol. The molecule has 1 aromatic carbocycles. The van der Waals surface area contributed by atoms with E-state index in [1.165, 1.54) is 0 Å². The van der Waals surface area contributed by atoms with Crippen LogP contribution in [0.4, 0.5) is 14.5 Å². The van der Waals surface area contributed by atoms with Crippen molar-refractivity contribution in [2.45, 2.75) is 25.7 Å². The van der Waals surface area contributed by atoms with Crippen molar-refractivity contribution in [2.75, 3.05) is 6.54 Å². The smallest absolute Gasteiger partial charge is 0.305 e. The Kier molecular flexibility index (Phi) is 3.15. The second kappa shape index (κ2) is 4.75. The van der Waals surface area contributed by atoms with E-state index in [4.69, 9.17) is 0 Å². The van der Waals surface area contributed by atoms with E-state index in [2.05, 4.69) is 5.32 Å². The summed E-state index contributed by atoms with van der Waals surface area (Å²) in [6.07, 6.45) is 4.29. The lowest BCUT2D eigenvalue weighted by Gasteiger charge is -2.15. The van der Waals surface area contributed by atoms with Crippen LogP contribution in [0.25, 0.3) is 0 Å². The summed E-state index contributed by atoms with van der Waals surface area (Å²) in [7, 11) is 0. The topological polar surface area (TPSA) is 72.2 Å². The standard InChI is InChI=1S/C14H14F2N2O3/c15-9-3-4-10(18(20)21)12(16)11(9)13(19)17-7-14(5-6-14)8-1-2-8/h3-4,8H,1-2,5-7H2,(H,17,19). The monoisotopic (exact) mass is 296 g/mol. The van der Waals surface area contributed by atoms with Crippen molar-refractivity contribution in [1.82, 2.24) is 5.32 Å². The largest absolute Gasteiger partial charge is 0.351 e. The van der Waals surface area contributed by atoms with Gasteiger partial charge in [-0.25, -0.2) is 4.39 Å². The number of nitro benzene ring substituents is 1. The molecule has 1 aromatic rings. The molecule has 0 saturated heterocycles. The van der Waals surface area contributed by atoms with E-state index < -0.39 is 33.7 Å². The number of hydrogen-bond acceptors (Lipinski definition) is 3. The van der Waals surface area contributed by atoms with E-state index in [0.29, 0.717) is 18.5 Å². The zero-order chi connectivity index (χ0) is 15.2. The second-order valence-corrected chi connectivity index (χ2v) is 5.83. The van der Waals surface area contributed by atoms with E-state index in [1.54, 1.807) is 0 Å². The van der Waals surface area contributed by atoms with Gasteiger partial charge in [-0.15, -0.1) is 0 Å². The molecule has 5 nitrogen and oxygen atoms in total. The van der Waals surface area contributed by atoms with Crippen molar-refractivity contribution >= 4 is 11.6 Å². The van der Waals surface area contributed by atoms with E-state index in [1.807, 2.05) is 0 Å². The Balaban J connectivity index is 1.77. The molecule has 0 atom stereocenters. The molecule has 0 aliphatic heterocycles. The molecule has 0 spiro atoms. The maximum Gasteiger partial charge on any atom is 0.305 e. The van der Waals surface area contributed by atoms with Crippen LogP contribution in [0.5, 0.6) is 0 Å². The number of hydrogen-bond donors (Lipinski definition) is 1. The quantitative estimate of drug-likeness (QED) is 0.670. The van der Waals surface area contributed by atoms with Crippen LogP contribution >= 0.6 is 0 Å². The third kappa shape index (κ3) is 2.48. The summed E-state index contributed by atoms with van der Waals surface area (Å²) in [4.78, 5) is 21.6. The molecule has 7 heteroatoms. The number of nitrogens with zero attached hydrogens (tertiary/aromatic N) is 1. The van der Waals surface area contributed by atoms with E-state index in [-0.39, 0.29) is 5.41 Å². The number of nitrogens with one attached hydrogen (secondary N) is 1. The highest BCUT2D eigenvalue weighted by atomic mass is 19.1. The van der Waals surface area contributed by atoms with Crippen LogP contribution < -0.4 is 5.32 Å². The van der Waals surface area contributed by atoms with Gasteiger partial charge in [-0.1, -0.05) is 0 Å². The zero-order valence-corrected chi connectivity index (χ0v) is 11.2. The van der Waals surface area contributed by atoms with Gasteiger partial charge >= 0.3 is 5.69 Å². The van der Waals surface area contributed by atoms with Gasteiger partial charge in [0, 0.05) is 12.6 Å². The average molecular weight is 296 g/mol. The minimum absolute atomic E-state index is 0.0866. The summed E-state index contributed by atoms with van der Waals surface area (Å²) in [5.74, 6) is -2.85. The lowest BCUT2D eigenvalue weighted by Crippen LogP contribution is -2.32. The summed E-state index contributed by atoms with van der Waals surface area (Å²) < 4.78 is 27.5. The summed E-state index contributed by atoms with van der Waals surface area (Å²) in [6.45, 7) is 0.373. The first-order chi connectivity index (χ1) is 9.94. The van der Waals surface area contributed by atoms with Gasteiger partial charge in [-0.05, 0) is 43.1 Å². The molecule has 1 N–H and O–H groups in total. The second-order valence-electron chi connectivity index (χ2n) is 5.83. The predicted molar refractivity (Wildman–Crippen MR) is 69.7 cm³/mol. The number of halogens is 2. The number of benzene rings is 1. The number of rotatable bonds is 5. The molecule has 0 radical (unpaired) electrons. The molecule has 112 valence electrons. The summed E-state index contributed by atoms with van der Waals surface area (Å²) in [5, 5.41) is 13.2. The highest BCUT2D eigenvalue weighted by molar-refractivity contribution is 5.95. The zero-order valence-electron chi connectivity index (χ0n) is 11.2. The van der Waals surface area contributed by atoms with Gasteiger partial charge in [-0.3, -0.25) is 14.9 Å². The van der Waals surface area contributed by atoms with Crippen LogP contribution in [0.15, 0.2) is 12.1 Å². The first-order valence-corrected chi connectivity index (χ1v) is 6.85. The fraction of sp³-hybridized carbons (Fsp3) is 0.500. The molecule has 2 aliphatic rings. The fourth-order valence-electron chi connectivity index (χ4n) is 2.82. The minimum Gasteiger partial charge on any atom is -0.351 e. The average Bonchev–Trinajstić information content (AvgIpc) is 3.27. The summed E-state index contributed by atoms with van der Waals surface area (Å²) >= 11 is 0. The molecular formula is C14H14F2N2O3. The molecule has 3 rings (SSSR count). The first kappa shape index (κ1) is 13.9. The van der Waals surface area contributed by atoms with Crippen LogP contribution in [0, 0.1) is 33.1 Å². The third-order valence-corrected chi connectivity index (χ3v) is 4.43. The van der Waals surface area contributed by atoms with Crippen molar-refractivity contribution in [3.63, 3.8) is 0 Å². The van der Waals surface area contributed by atoms with Crippen LogP contribution in [-0.2, 0) is 0 Å². The Hall–Kier alpha value is -2.05. The van der Waals surface area contributed by atoms with E-state index >= 15 is 0 Å². The third-order valence-electron chi connectivity index (χ3n) is 4.43. The Morgan fingerprint density at radius 1 is 1.38 bits per heavy atom. The highest BCUT2D eigenvalue weighted by Crippen LogP contribution is 2.60. The number of carbonyl (C=O) groups is 1. The van der Waals surface area contributed by atoms with Crippen molar-refractivity contribution in [3.05, 3.63) is 39.4 Å². The minimum atomic E-state index is -1.42. The highest BCUT2D eigenvalue weighted by Gasteiger charge is 2.53. The number of carbonyl (C=O) groups excluding carboxylic acids is 1. The maximum atomic E-state index is 13.9. The molecule has 0 heterocycles. The molecule has 2 saturated carbocycles. The molecule has 1 amide bonds. The van der Waals surface area contributed by atoms with Crippen LogP contribution in [0.1, 0.15) is 36.0 Å². The van der Waals surface area contributed by atoms with Crippen molar-refractivity contribution in [1.29, 1.82) is 0 Å². The SMILES string of the molecule is O=C(NCC1(C2CC2)CC1)c1c(F)ccc([N+](=O)[O-])c1F. The molecule has 0 unspecified atom stereocenters. The normalized spacial score (nSPS) is 19.1. The van der Waals surface area contributed by atoms with Crippen molar-refractivity contribution in [2.24, 2.45) is 11.3 Å². The Labute approximate surface area is 119 Å². The predicted octanol–water partition coefficient (Wildman–Crippen LogP) is 2.79. The van der Waals surface area contributed by atoms with Gasteiger partial charge in [0.25, 0.3) is 5.91 Å². The lowest BCUT2D eigenvalue weighted by molar-refractivity contribution is -0.387. The maximum absolute atomic E-state index is 13.9.